The van der Waals surface area contributed by atoms with E-state index in [1.807, 2.05) is 19.3 Å². The van der Waals surface area contributed by atoms with Crippen LogP contribution in [-0.4, -0.2) is 58.5 Å². The molecule has 0 bridgehead atoms. The Kier molecular flexibility index (Phi) is 11.0. The van der Waals surface area contributed by atoms with Crippen LogP contribution in [-0.2, 0) is 11.3 Å². The first kappa shape index (κ1) is 24.9. The molecule has 2 N–H and O–H groups in total. The molecule has 170 valence electrons. The zero-order valence-electron chi connectivity index (χ0n) is 18.6. The van der Waals surface area contributed by atoms with Gasteiger partial charge in [-0.2, -0.15) is 0 Å². The van der Waals surface area contributed by atoms with Crippen molar-refractivity contribution in [3.63, 3.8) is 0 Å². The Bertz CT molecular complexity index is 670. The summed E-state index contributed by atoms with van der Waals surface area (Å²) in [5, 5.41) is 6.90. The molecule has 1 aliphatic carbocycles. The van der Waals surface area contributed by atoms with Crippen molar-refractivity contribution in [2.45, 2.75) is 77.8 Å². The molecule has 1 saturated carbocycles. The van der Waals surface area contributed by atoms with Gasteiger partial charge in [0.05, 0.1) is 0 Å². The molecule has 1 unspecified atom stereocenters. The summed E-state index contributed by atoms with van der Waals surface area (Å²) in [6, 6.07) is 0.300. The summed E-state index contributed by atoms with van der Waals surface area (Å²) < 4.78 is 2.18. The lowest BCUT2D eigenvalue weighted by atomic mass is 9.88. The second-order valence-corrected chi connectivity index (χ2v) is 8.38. The van der Waals surface area contributed by atoms with Crippen molar-refractivity contribution in [3.8, 4) is 0 Å². The van der Waals surface area contributed by atoms with E-state index in [2.05, 4.69) is 32.0 Å². The van der Waals surface area contributed by atoms with Gasteiger partial charge in [-0.1, -0.05) is 19.3 Å². The molecule has 8 heteroatoms. The van der Waals surface area contributed by atoms with E-state index in [0.29, 0.717) is 11.9 Å². The molecule has 2 heterocycles. The van der Waals surface area contributed by atoms with Crippen molar-refractivity contribution in [2.75, 3.05) is 26.2 Å². The zero-order valence-corrected chi connectivity index (χ0v) is 20.9. The number of carbonyl (C=O) groups excluding carboxylic acids is 1. The molecule has 0 radical (unpaired) electrons. The van der Waals surface area contributed by atoms with Gasteiger partial charge in [0.15, 0.2) is 5.96 Å². The first-order valence-corrected chi connectivity index (χ1v) is 11.5. The standard InChI is InChI=1S/C22H38N6O.HI/c1-3-23-22(25-12-7-8-14-27-16-13-24-18(27)2)26-20-11-15-28(17-20)21(29)19-9-5-4-6-10-19;/h13,16,19-20H,3-12,14-15,17H2,1-2H3,(H2,23,25,26);1H. The fourth-order valence-corrected chi connectivity index (χ4v) is 4.42. The third-order valence-corrected chi connectivity index (χ3v) is 6.14. The summed E-state index contributed by atoms with van der Waals surface area (Å²) in [7, 11) is 0. The summed E-state index contributed by atoms with van der Waals surface area (Å²) in [6.07, 6.45) is 12.9. The fraction of sp³-hybridized carbons (Fsp3) is 0.773. The molecule has 2 aliphatic rings. The van der Waals surface area contributed by atoms with Crippen molar-refractivity contribution in [2.24, 2.45) is 10.9 Å². The fourth-order valence-electron chi connectivity index (χ4n) is 4.42. The number of aryl methyl sites for hydroxylation is 2. The van der Waals surface area contributed by atoms with Crippen molar-refractivity contribution >= 4 is 35.8 Å². The Balaban J connectivity index is 0.00000320. The van der Waals surface area contributed by atoms with E-state index >= 15 is 0 Å². The molecule has 0 aromatic carbocycles. The zero-order chi connectivity index (χ0) is 20.5. The Labute approximate surface area is 198 Å². The number of amides is 1. The maximum absolute atomic E-state index is 12.8. The molecule has 30 heavy (non-hydrogen) atoms. The lowest BCUT2D eigenvalue weighted by Crippen LogP contribution is -2.45. The summed E-state index contributed by atoms with van der Waals surface area (Å²) in [5.74, 6) is 2.59. The first-order valence-electron chi connectivity index (χ1n) is 11.5. The molecular formula is C22H39IN6O. The Morgan fingerprint density at radius 1 is 1.23 bits per heavy atom. The van der Waals surface area contributed by atoms with Crippen LogP contribution in [0.3, 0.4) is 0 Å². The van der Waals surface area contributed by atoms with Gasteiger partial charge in [0.1, 0.15) is 5.82 Å². The quantitative estimate of drug-likeness (QED) is 0.234. The third kappa shape index (κ3) is 7.42. The molecule has 1 aromatic heterocycles. The average Bonchev–Trinajstić information content (AvgIpc) is 3.37. The maximum atomic E-state index is 12.8. The summed E-state index contributed by atoms with van der Waals surface area (Å²) in [6.45, 7) is 8.45. The van der Waals surface area contributed by atoms with Crippen LogP contribution < -0.4 is 10.6 Å². The molecule has 7 nitrogen and oxygen atoms in total. The van der Waals surface area contributed by atoms with Crippen LogP contribution in [0.25, 0.3) is 0 Å². The van der Waals surface area contributed by atoms with E-state index in [9.17, 15) is 4.79 Å². The van der Waals surface area contributed by atoms with E-state index in [1.165, 1.54) is 19.3 Å². The van der Waals surface area contributed by atoms with Gasteiger partial charge in [-0.05, 0) is 46.0 Å². The molecule has 1 amide bonds. The van der Waals surface area contributed by atoms with Crippen LogP contribution in [0.1, 0.15) is 64.1 Å². The largest absolute Gasteiger partial charge is 0.357 e. The number of nitrogens with one attached hydrogen (secondary N) is 2. The predicted molar refractivity (Wildman–Crippen MR) is 132 cm³/mol. The number of aliphatic imine (C=N–C) groups is 1. The van der Waals surface area contributed by atoms with Crippen LogP contribution in [0.2, 0.25) is 0 Å². The molecule has 1 atom stereocenters. The SMILES string of the molecule is CCNC(=NCCCCn1ccnc1C)NC1CCN(C(=O)C2CCCCC2)C1.I. The topological polar surface area (TPSA) is 74.6 Å². The normalized spacial score (nSPS) is 20.1. The summed E-state index contributed by atoms with van der Waals surface area (Å²) in [5.41, 5.74) is 0. The highest BCUT2D eigenvalue weighted by Crippen LogP contribution is 2.26. The number of halogens is 1. The minimum absolute atomic E-state index is 0. The van der Waals surface area contributed by atoms with Crippen LogP contribution in [0.5, 0.6) is 0 Å². The highest BCUT2D eigenvalue weighted by molar-refractivity contribution is 14.0. The van der Waals surface area contributed by atoms with E-state index in [4.69, 9.17) is 4.99 Å². The van der Waals surface area contributed by atoms with Crippen molar-refractivity contribution in [3.05, 3.63) is 18.2 Å². The molecule has 2 fully saturated rings. The van der Waals surface area contributed by atoms with Crippen molar-refractivity contribution in [1.82, 2.24) is 25.1 Å². The van der Waals surface area contributed by atoms with Gasteiger partial charge in [0.25, 0.3) is 0 Å². The van der Waals surface area contributed by atoms with E-state index < -0.39 is 0 Å². The molecule has 1 aromatic rings. The number of hydrogen-bond donors (Lipinski definition) is 2. The lowest BCUT2D eigenvalue weighted by molar-refractivity contribution is -0.135. The Hall–Kier alpha value is -1.32. The van der Waals surface area contributed by atoms with Gasteiger partial charge in [0.2, 0.25) is 5.91 Å². The number of aromatic nitrogens is 2. The number of carbonyl (C=O) groups is 1. The minimum Gasteiger partial charge on any atom is -0.357 e. The van der Waals surface area contributed by atoms with Crippen molar-refractivity contribution in [1.29, 1.82) is 0 Å². The van der Waals surface area contributed by atoms with Crippen molar-refractivity contribution < 1.29 is 4.79 Å². The van der Waals surface area contributed by atoms with E-state index in [-0.39, 0.29) is 29.9 Å². The predicted octanol–water partition coefficient (Wildman–Crippen LogP) is 3.33. The minimum atomic E-state index is 0. The van der Waals surface area contributed by atoms with Gasteiger partial charge in [-0.15, -0.1) is 24.0 Å². The summed E-state index contributed by atoms with van der Waals surface area (Å²) in [4.78, 5) is 23.8. The highest BCUT2D eigenvalue weighted by Gasteiger charge is 2.31. The van der Waals surface area contributed by atoms with Gasteiger partial charge < -0.3 is 20.1 Å². The van der Waals surface area contributed by atoms with E-state index in [0.717, 1.165) is 76.6 Å². The number of rotatable bonds is 8. The van der Waals surface area contributed by atoms with Gasteiger partial charge in [0, 0.05) is 57.1 Å². The number of unbranched alkanes of at least 4 members (excludes halogenated alkanes) is 1. The highest BCUT2D eigenvalue weighted by atomic mass is 127. The molecule has 1 aliphatic heterocycles. The number of hydrogen-bond acceptors (Lipinski definition) is 3. The number of imidazole rings is 1. The number of likely N-dealkylation sites (tertiary alicyclic amines) is 1. The maximum Gasteiger partial charge on any atom is 0.225 e. The van der Waals surface area contributed by atoms with E-state index in [1.54, 1.807) is 0 Å². The number of guanidine groups is 1. The molecule has 3 rings (SSSR count). The lowest BCUT2D eigenvalue weighted by Gasteiger charge is -2.26. The second kappa shape index (κ2) is 13.2. The smallest absolute Gasteiger partial charge is 0.225 e. The van der Waals surface area contributed by atoms with Crippen LogP contribution in [0.15, 0.2) is 17.4 Å². The molecule has 1 saturated heterocycles. The average molecular weight is 530 g/mol. The second-order valence-electron chi connectivity index (χ2n) is 8.38. The van der Waals surface area contributed by atoms with Gasteiger partial charge in [-0.25, -0.2) is 4.98 Å². The summed E-state index contributed by atoms with van der Waals surface area (Å²) >= 11 is 0. The van der Waals surface area contributed by atoms with Crippen LogP contribution in [0, 0.1) is 12.8 Å². The monoisotopic (exact) mass is 530 g/mol. The third-order valence-electron chi connectivity index (χ3n) is 6.14. The number of nitrogens with zero attached hydrogens (tertiary/aromatic N) is 4. The van der Waals surface area contributed by atoms with Crippen LogP contribution >= 0.6 is 24.0 Å². The van der Waals surface area contributed by atoms with Crippen LogP contribution in [0.4, 0.5) is 0 Å². The molecule has 0 spiro atoms. The first-order chi connectivity index (χ1) is 14.2. The Morgan fingerprint density at radius 3 is 2.73 bits per heavy atom. The van der Waals surface area contributed by atoms with Gasteiger partial charge >= 0.3 is 0 Å². The molecular weight excluding hydrogens is 491 g/mol. The van der Waals surface area contributed by atoms with Gasteiger partial charge in [-0.3, -0.25) is 9.79 Å². The Morgan fingerprint density at radius 2 is 2.03 bits per heavy atom.